The lowest BCUT2D eigenvalue weighted by Crippen LogP contribution is -2.52. The molecule has 0 fully saturated rings. The Morgan fingerprint density at radius 1 is 1.17 bits per heavy atom. The molecule has 0 saturated carbocycles. The van der Waals surface area contributed by atoms with Crippen LogP contribution < -0.4 is 10.6 Å². The van der Waals surface area contributed by atoms with Gasteiger partial charge in [0, 0.05) is 4.90 Å². The zero-order chi connectivity index (χ0) is 17.2. The topological polar surface area (TPSA) is 58.2 Å². The summed E-state index contributed by atoms with van der Waals surface area (Å²) >= 11 is 1.30. The maximum Gasteiger partial charge on any atom is 0.250 e. The average Bonchev–Trinajstić information content (AvgIpc) is 2.61. The molecule has 0 aromatic heterocycles. The van der Waals surface area contributed by atoms with Gasteiger partial charge in [-0.3, -0.25) is 9.59 Å². The van der Waals surface area contributed by atoms with E-state index in [1.165, 1.54) is 11.8 Å². The molecule has 1 aliphatic heterocycles. The molecule has 0 bridgehead atoms. The van der Waals surface area contributed by atoms with Crippen molar-refractivity contribution in [3.8, 4) is 0 Å². The quantitative estimate of drug-likeness (QED) is 0.833. The standard InChI is InChI=1S/C19H20N2O2S/c1-3-14(13-9-5-4-6-10-13)20-17(22)19(2)18(23)21-15-11-7-8-12-16(15)24-19/h4-12,14H,3H2,1-2H3,(H,20,22)(H,21,23). The highest BCUT2D eigenvalue weighted by atomic mass is 32.2. The minimum absolute atomic E-state index is 0.110. The zero-order valence-corrected chi connectivity index (χ0v) is 14.5. The number of para-hydroxylation sites is 1. The lowest BCUT2D eigenvalue weighted by atomic mass is 10.0. The summed E-state index contributed by atoms with van der Waals surface area (Å²) in [5.74, 6) is -0.554. The van der Waals surface area contributed by atoms with Gasteiger partial charge < -0.3 is 10.6 Å². The minimum atomic E-state index is -1.18. The molecule has 2 unspecified atom stereocenters. The molecule has 1 heterocycles. The van der Waals surface area contributed by atoms with Gasteiger partial charge in [-0.25, -0.2) is 0 Å². The molecule has 0 spiro atoms. The number of nitrogens with one attached hydrogen (secondary N) is 2. The van der Waals surface area contributed by atoms with Gasteiger partial charge in [-0.1, -0.05) is 61.2 Å². The van der Waals surface area contributed by atoms with Gasteiger partial charge in [0.1, 0.15) is 0 Å². The van der Waals surface area contributed by atoms with Gasteiger partial charge in [0.2, 0.25) is 11.8 Å². The van der Waals surface area contributed by atoms with Crippen molar-refractivity contribution >= 4 is 29.3 Å². The monoisotopic (exact) mass is 340 g/mol. The number of fused-ring (bicyclic) bond motifs is 1. The third-order valence-corrected chi connectivity index (χ3v) is 5.59. The number of amides is 2. The molecule has 124 valence electrons. The Hall–Kier alpha value is -2.27. The lowest BCUT2D eigenvalue weighted by molar-refractivity contribution is -0.130. The minimum Gasteiger partial charge on any atom is -0.348 e. The van der Waals surface area contributed by atoms with Gasteiger partial charge in [0.25, 0.3) is 0 Å². The van der Waals surface area contributed by atoms with Gasteiger partial charge in [0.15, 0.2) is 4.75 Å². The number of rotatable bonds is 4. The SMILES string of the molecule is CCC(NC(=O)C1(C)Sc2ccccc2NC1=O)c1ccccc1. The Balaban J connectivity index is 1.82. The van der Waals surface area contributed by atoms with Crippen LogP contribution in [0.25, 0.3) is 0 Å². The molecule has 0 radical (unpaired) electrons. The Kier molecular flexibility index (Phi) is 4.62. The lowest BCUT2D eigenvalue weighted by Gasteiger charge is -2.33. The third kappa shape index (κ3) is 3.04. The molecule has 2 amide bonds. The van der Waals surface area contributed by atoms with Crippen LogP contribution in [0.4, 0.5) is 5.69 Å². The number of hydrogen-bond donors (Lipinski definition) is 2. The first-order valence-electron chi connectivity index (χ1n) is 8.00. The maximum atomic E-state index is 12.9. The summed E-state index contributed by atoms with van der Waals surface area (Å²) in [6.45, 7) is 3.69. The second-order valence-corrected chi connectivity index (χ2v) is 7.39. The van der Waals surface area contributed by atoms with Crippen molar-refractivity contribution in [3.63, 3.8) is 0 Å². The smallest absolute Gasteiger partial charge is 0.250 e. The van der Waals surface area contributed by atoms with Crippen molar-refractivity contribution in [3.05, 3.63) is 60.2 Å². The molecule has 0 saturated heterocycles. The average molecular weight is 340 g/mol. The van der Waals surface area contributed by atoms with E-state index >= 15 is 0 Å². The first-order valence-corrected chi connectivity index (χ1v) is 8.81. The molecule has 2 aromatic rings. The molecule has 2 N–H and O–H groups in total. The van der Waals surface area contributed by atoms with E-state index in [1.54, 1.807) is 6.92 Å². The van der Waals surface area contributed by atoms with Crippen molar-refractivity contribution < 1.29 is 9.59 Å². The number of carbonyl (C=O) groups is 2. The number of carbonyl (C=O) groups excluding carboxylic acids is 2. The maximum absolute atomic E-state index is 12.9. The molecule has 2 atom stereocenters. The van der Waals surface area contributed by atoms with Crippen molar-refractivity contribution in [2.45, 2.75) is 36.0 Å². The van der Waals surface area contributed by atoms with Gasteiger partial charge in [0.05, 0.1) is 11.7 Å². The van der Waals surface area contributed by atoms with E-state index in [9.17, 15) is 9.59 Å². The van der Waals surface area contributed by atoms with Gasteiger partial charge in [-0.2, -0.15) is 0 Å². The van der Waals surface area contributed by atoms with E-state index in [1.807, 2.05) is 61.5 Å². The van der Waals surface area contributed by atoms with Crippen molar-refractivity contribution in [2.75, 3.05) is 5.32 Å². The molecular weight excluding hydrogens is 320 g/mol. The summed E-state index contributed by atoms with van der Waals surface area (Å²) in [5, 5.41) is 5.88. The van der Waals surface area contributed by atoms with Gasteiger partial charge in [-0.15, -0.1) is 0 Å². The predicted octanol–water partition coefficient (Wildman–Crippen LogP) is 3.76. The summed E-state index contributed by atoms with van der Waals surface area (Å²) in [7, 11) is 0. The van der Waals surface area contributed by atoms with E-state index in [2.05, 4.69) is 10.6 Å². The van der Waals surface area contributed by atoms with E-state index in [0.717, 1.165) is 22.6 Å². The summed E-state index contributed by atoms with van der Waals surface area (Å²) < 4.78 is -1.18. The summed E-state index contributed by atoms with van der Waals surface area (Å²) in [6.07, 6.45) is 0.759. The van der Waals surface area contributed by atoms with Crippen LogP contribution in [-0.4, -0.2) is 16.6 Å². The van der Waals surface area contributed by atoms with Crippen LogP contribution in [0.2, 0.25) is 0 Å². The fourth-order valence-corrected chi connectivity index (χ4v) is 3.83. The van der Waals surface area contributed by atoms with Gasteiger partial charge in [-0.05, 0) is 31.0 Å². The van der Waals surface area contributed by atoms with Crippen molar-refractivity contribution in [2.24, 2.45) is 0 Å². The highest BCUT2D eigenvalue weighted by molar-refractivity contribution is 8.02. The summed E-state index contributed by atoms with van der Waals surface area (Å²) in [5.41, 5.74) is 1.80. The van der Waals surface area contributed by atoms with Crippen LogP contribution in [-0.2, 0) is 9.59 Å². The second kappa shape index (κ2) is 6.69. The highest BCUT2D eigenvalue weighted by Crippen LogP contribution is 2.42. The van der Waals surface area contributed by atoms with Crippen molar-refractivity contribution in [1.82, 2.24) is 5.32 Å². The normalized spacial score (nSPS) is 20.7. The van der Waals surface area contributed by atoms with Crippen LogP contribution in [0.3, 0.4) is 0 Å². The first-order chi connectivity index (χ1) is 11.5. The van der Waals surface area contributed by atoms with E-state index in [4.69, 9.17) is 0 Å². The summed E-state index contributed by atoms with van der Waals surface area (Å²) in [6, 6.07) is 17.2. The zero-order valence-electron chi connectivity index (χ0n) is 13.7. The Bertz CT molecular complexity index is 763. The molecule has 2 aromatic carbocycles. The Morgan fingerprint density at radius 2 is 1.83 bits per heavy atom. The van der Waals surface area contributed by atoms with E-state index in [-0.39, 0.29) is 17.9 Å². The van der Waals surface area contributed by atoms with Gasteiger partial charge >= 0.3 is 0 Å². The second-order valence-electron chi connectivity index (χ2n) is 5.93. The molecule has 0 aliphatic carbocycles. The Morgan fingerprint density at radius 3 is 2.54 bits per heavy atom. The van der Waals surface area contributed by atoms with Crippen molar-refractivity contribution in [1.29, 1.82) is 0 Å². The fourth-order valence-electron chi connectivity index (χ4n) is 2.72. The van der Waals surface area contributed by atoms with E-state index in [0.29, 0.717) is 0 Å². The molecule has 4 nitrogen and oxygen atoms in total. The molecule has 24 heavy (non-hydrogen) atoms. The third-order valence-electron chi connectivity index (χ3n) is 4.23. The fraction of sp³-hybridized carbons (Fsp3) is 0.263. The van der Waals surface area contributed by atoms with Crippen LogP contribution in [0.15, 0.2) is 59.5 Å². The largest absolute Gasteiger partial charge is 0.348 e. The highest BCUT2D eigenvalue weighted by Gasteiger charge is 2.46. The van der Waals surface area contributed by atoms with E-state index < -0.39 is 4.75 Å². The van der Waals surface area contributed by atoms with Crippen LogP contribution >= 0.6 is 11.8 Å². The predicted molar refractivity (Wildman–Crippen MR) is 97.0 cm³/mol. The van der Waals surface area contributed by atoms with Crippen LogP contribution in [0.1, 0.15) is 31.9 Å². The Labute approximate surface area is 146 Å². The molecule has 1 aliphatic rings. The molecule has 3 rings (SSSR count). The van der Waals surface area contributed by atoms with Crippen LogP contribution in [0, 0.1) is 0 Å². The number of hydrogen-bond acceptors (Lipinski definition) is 3. The summed E-state index contributed by atoms with van der Waals surface area (Å²) in [4.78, 5) is 26.3. The number of benzene rings is 2. The number of thioether (sulfide) groups is 1. The molecule has 5 heteroatoms. The van der Waals surface area contributed by atoms with Crippen LogP contribution in [0.5, 0.6) is 0 Å². The molecular formula is C19H20N2O2S. The first kappa shape index (κ1) is 16.6. The number of anilines is 1.